The second-order valence-electron chi connectivity index (χ2n) is 4.23. The molecule has 0 saturated carbocycles. The summed E-state index contributed by atoms with van der Waals surface area (Å²) < 4.78 is 14.2. The van der Waals surface area contributed by atoms with E-state index in [0.29, 0.717) is 0 Å². The van der Waals surface area contributed by atoms with E-state index in [4.69, 9.17) is 40.2 Å². The van der Waals surface area contributed by atoms with Gasteiger partial charge in [0.1, 0.15) is 17.0 Å². The Bertz CT molecular complexity index is 1010. The Balaban J connectivity index is 2.45. The molecule has 2 N–H and O–H groups in total. The number of hydrogen-bond acceptors (Lipinski definition) is 4. The van der Waals surface area contributed by atoms with E-state index in [0.717, 1.165) is 16.7 Å². The number of rotatable bonds is 1. The first-order valence-corrected chi connectivity index (χ1v) is 6.89. The zero-order valence-electron chi connectivity index (χ0n) is 10.5. The molecule has 0 atom stereocenters. The van der Waals surface area contributed by atoms with Crippen LogP contribution in [0.2, 0.25) is 15.3 Å². The molecule has 0 saturated heterocycles. The Morgan fingerprint density at radius 1 is 1.23 bits per heavy atom. The molecule has 0 unspecified atom stereocenters. The molecule has 2 heterocycles. The molecule has 0 amide bonds. The fourth-order valence-corrected chi connectivity index (χ4v) is 2.73. The lowest BCUT2D eigenvalue weighted by atomic mass is 10.3. The third-order valence-electron chi connectivity index (χ3n) is 2.87. The van der Waals surface area contributed by atoms with Gasteiger partial charge in [-0.15, -0.1) is 0 Å². The second-order valence-corrected chi connectivity index (χ2v) is 5.39. The van der Waals surface area contributed by atoms with Gasteiger partial charge in [0.05, 0.1) is 21.1 Å². The molecular weight excluding hydrogens is 356 g/mol. The van der Waals surface area contributed by atoms with Crippen LogP contribution in [0.3, 0.4) is 0 Å². The van der Waals surface area contributed by atoms with Crippen molar-refractivity contribution in [2.24, 2.45) is 0 Å². The number of halogens is 4. The van der Waals surface area contributed by atoms with Gasteiger partial charge in [-0.05, 0) is 23.7 Å². The van der Waals surface area contributed by atoms with E-state index < -0.39 is 11.5 Å². The number of fused-ring (bicyclic) bond motifs is 1. The van der Waals surface area contributed by atoms with Crippen LogP contribution in [0, 0.1) is 11.2 Å². The summed E-state index contributed by atoms with van der Waals surface area (Å²) in [5, 5.41) is 8.08. The van der Waals surface area contributed by atoms with Crippen molar-refractivity contribution in [3.8, 4) is 5.69 Å². The molecule has 0 fully saturated rings. The van der Waals surface area contributed by atoms with Crippen molar-refractivity contribution in [1.82, 2.24) is 19.5 Å². The number of nitrogens with zero attached hydrogens (tertiary/aromatic N) is 3. The van der Waals surface area contributed by atoms with Gasteiger partial charge in [-0.1, -0.05) is 23.2 Å². The maximum absolute atomic E-state index is 13.3. The van der Waals surface area contributed by atoms with Gasteiger partial charge in [0, 0.05) is 6.20 Å². The Hall–Kier alpha value is -1.96. The molecule has 0 aliphatic carbocycles. The van der Waals surface area contributed by atoms with E-state index in [1.165, 1.54) is 6.20 Å². The highest BCUT2D eigenvalue weighted by Gasteiger charge is 2.16. The fourth-order valence-electron chi connectivity index (χ4n) is 1.97. The minimum Gasteiger partial charge on any atom is -0.291 e. The lowest BCUT2D eigenvalue weighted by Crippen LogP contribution is -2.34. The minimum atomic E-state index is -0.720. The highest BCUT2D eigenvalue weighted by molar-refractivity contribution is 6.37. The van der Waals surface area contributed by atoms with Gasteiger partial charge in [0.25, 0.3) is 0 Å². The molecule has 1 aromatic carbocycles. The van der Waals surface area contributed by atoms with Crippen molar-refractivity contribution in [2.45, 2.75) is 0 Å². The van der Waals surface area contributed by atoms with Crippen molar-refractivity contribution >= 4 is 45.8 Å². The summed E-state index contributed by atoms with van der Waals surface area (Å²) in [6.07, 6.45) is 1.28. The number of aromatic amines is 1. The molecule has 6 nitrogen and oxygen atoms in total. The summed E-state index contributed by atoms with van der Waals surface area (Å²) in [5.74, 6) is -0.654. The number of benzene rings is 1. The van der Waals surface area contributed by atoms with Crippen LogP contribution in [-0.4, -0.2) is 19.5 Å². The Labute approximate surface area is 136 Å². The van der Waals surface area contributed by atoms with Crippen molar-refractivity contribution in [1.29, 1.82) is 5.41 Å². The number of aromatic nitrogens is 4. The molecule has 3 aromatic rings. The van der Waals surface area contributed by atoms with E-state index in [2.05, 4.69) is 15.0 Å². The maximum Gasteiger partial charge on any atom is 0.333 e. The molecule has 22 heavy (non-hydrogen) atoms. The standard InChI is InChI=1S/C12H5Cl3FN5O/c13-6-1-4(16)2-7(14)8(6)21-9(17)5-3-18-11(15)19-10(5)20-12(21)22/h1-3,17H,(H,18,19,20,22). The zero-order chi connectivity index (χ0) is 16.0. The van der Waals surface area contributed by atoms with Crippen LogP contribution in [-0.2, 0) is 0 Å². The van der Waals surface area contributed by atoms with E-state index >= 15 is 0 Å². The largest absolute Gasteiger partial charge is 0.333 e. The van der Waals surface area contributed by atoms with E-state index in [-0.39, 0.29) is 37.5 Å². The molecule has 10 heteroatoms. The van der Waals surface area contributed by atoms with Crippen LogP contribution in [0.15, 0.2) is 23.1 Å². The van der Waals surface area contributed by atoms with Gasteiger partial charge in [-0.3, -0.25) is 10.4 Å². The lowest BCUT2D eigenvalue weighted by molar-refractivity contribution is 0.627. The van der Waals surface area contributed by atoms with Crippen LogP contribution in [0.25, 0.3) is 16.7 Å². The summed E-state index contributed by atoms with van der Waals surface area (Å²) in [6.45, 7) is 0. The lowest BCUT2D eigenvalue weighted by Gasteiger charge is -2.11. The van der Waals surface area contributed by atoms with Crippen molar-refractivity contribution < 1.29 is 4.39 Å². The monoisotopic (exact) mass is 359 g/mol. The first kappa shape index (κ1) is 15.0. The topological polar surface area (TPSA) is 87.4 Å². The van der Waals surface area contributed by atoms with Crippen molar-refractivity contribution in [3.63, 3.8) is 0 Å². The van der Waals surface area contributed by atoms with Gasteiger partial charge in [0.15, 0.2) is 0 Å². The van der Waals surface area contributed by atoms with Crippen molar-refractivity contribution in [3.05, 3.63) is 55.4 Å². The molecule has 0 bridgehead atoms. The minimum absolute atomic E-state index is 0.00664. The summed E-state index contributed by atoms with van der Waals surface area (Å²) in [6, 6.07) is 1.99. The van der Waals surface area contributed by atoms with Gasteiger partial charge in [-0.25, -0.2) is 18.7 Å². The average molecular weight is 361 g/mol. The zero-order valence-corrected chi connectivity index (χ0v) is 12.8. The summed E-state index contributed by atoms with van der Waals surface area (Å²) >= 11 is 17.6. The summed E-state index contributed by atoms with van der Waals surface area (Å²) in [5.41, 5.74) is -0.887. The van der Waals surface area contributed by atoms with Crippen LogP contribution < -0.4 is 11.2 Å². The molecule has 2 aromatic heterocycles. The van der Waals surface area contributed by atoms with Crippen LogP contribution in [0.4, 0.5) is 4.39 Å². The normalized spacial score (nSPS) is 11.1. The highest BCUT2D eigenvalue weighted by atomic mass is 35.5. The van der Waals surface area contributed by atoms with E-state index in [1.807, 2.05) is 0 Å². The number of H-pyrrole nitrogens is 1. The van der Waals surface area contributed by atoms with Crippen LogP contribution >= 0.6 is 34.8 Å². The predicted octanol–water partition coefficient (Wildman–Crippen LogP) is 2.69. The van der Waals surface area contributed by atoms with Gasteiger partial charge < -0.3 is 0 Å². The van der Waals surface area contributed by atoms with Crippen LogP contribution in [0.1, 0.15) is 0 Å². The SMILES string of the molecule is N=c1c2cnc(Cl)nc2[nH]c(=O)n1-c1c(Cl)cc(F)cc1Cl. The summed E-state index contributed by atoms with van der Waals surface area (Å²) in [7, 11) is 0. The molecule has 3 rings (SSSR count). The van der Waals surface area contributed by atoms with Crippen molar-refractivity contribution in [2.75, 3.05) is 0 Å². The molecule has 112 valence electrons. The quantitative estimate of drug-likeness (QED) is 0.654. The smallest absolute Gasteiger partial charge is 0.291 e. The second kappa shape index (κ2) is 5.35. The predicted molar refractivity (Wildman–Crippen MR) is 80.3 cm³/mol. The Morgan fingerprint density at radius 2 is 1.86 bits per heavy atom. The van der Waals surface area contributed by atoms with Crippen LogP contribution in [0.5, 0.6) is 0 Å². The molecule has 0 spiro atoms. The van der Waals surface area contributed by atoms with E-state index in [9.17, 15) is 9.18 Å². The Morgan fingerprint density at radius 3 is 2.50 bits per heavy atom. The van der Waals surface area contributed by atoms with Gasteiger partial charge in [0.2, 0.25) is 5.28 Å². The summed E-state index contributed by atoms with van der Waals surface area (Å²) in [4.78, 5) is 22.3. The molecule has 0 aliphatic rings. The average Bonchev–Trinajstić information content (AvgIpc) is 2.40. The molecule has 0 aliphatic heterocycles. The first-order chi connectivity index (χ1) is 10.4. The molecular formula is C12H5Cl3FN5O. The van der Waals surface area contributed by atoms with E-state index in [1.54, 1.807) is 0 Å². The third-order valence-corrected chi connectivity index (χ3v) is 3.63. The third kappa shape index (κ3) is 2.37. The number of nitrogens with one attached hydrogen (secondary N) is 2. The fraction of sp³-hybridized carbons (Fsp3) is 0. The maximum atomic E-state index is 13.3. The Kier molecular flexibility index (Phi) is 3.64. The first-order valence-electron chi connectivity index (χ1n) is 5.75. The number of hydrogen-bond donors (Lipinski definition) is 2. The van der Waals surface area contributed by atoms with Gasteiger partial charge >= 0.3 is 5.69 Å². The highest BCUT2D eigenvalue weighted by Crippen LogP contribution is 2.28. The van der Waals surface area contributed by atoms with Gasteiger partial charge in [-0.2, -0.15) is 4.98 Å². The molecule has 0 radical (unpaired) electrons.